The van der Waals surface area contributed by atoms with E-state index < -0.39 is 6.10 Å². The van der Waals surface area contributed by atoms with Gasteiger partial charge in [-0.3, -0.25) is 0 Å². The van der Waals surface area contributed by atoms with Gasteiger partial charge in [0.05, 0.1) is 6.10 Å². The quantitative estimate of drug-likeness (QED) is 0.772. The maximum absolute atomic E-state index is 10.2. The van der Waals surface area contributed by atoms with Gasteiger partial charge in [0.15, 0.2) is 0 Å². The van der Waals surface area contributed by atoms with Crippen LogP contribution in [0.5, 0.6) is 5.75 Å². The number of rotatable bonds is 7. The molecule has 2 N–H and O–H groups in total. The highest BCUT2D eigenvalue weighted by atomic mass is 16.5. The third kappa shape index (κ3) is 4.63. The lowest BCUT2D eigenvalue weighted by Gasteiger charge is -2.14. The lowest BCUT2D eigenvalue weighted by molar-refractivity contribution is 0.174. The van der Waals surface area contributed by atoms with Crippen LogP contribution in [0.2, 0.25) is 0 Å². The van der Waals surface area contributed by atoms with Gasteiger partial charge in [-0.05, 0) is 18.6 Å². The minimum Gasteiger partial charge on any atom is -0.481 e. The Morgan fingerprint density at radius 1 is 1.18 bits per heavy atom. The molecule has 0 heterocycles. The summed E-state index contributed by atoms with van der Waals surface area (Å²) in [5, 5.41) is 13.4. The summed E-state index contributed by atoms with van der Waals surface area (Å²) in [4.78, 5) is 0. The van der Waals surface area contributed by atoms with E-state index in [0.717, 1.165) is 16.9 Å². The SMILES string of the molecule is C#CCOc1ccccc1CNCC(O)c1ccc(C)cc1. The first kappa shape index (κ1) is 16.1. The topological polar surface area (TPSA) is 41.5 Å². The number of ether oxygens (including phenoxy) is 1. The van der Waals surface area contributed by atoms with E-state index in [4.69, 9.17) is 11.2 Å². The number of terminal acetylenes is 1. The van der Waals surface area contributed by atoms with Crippen LogP contribution in [0.4, 0.5) is 0 Å². The van der Waals surface area contributed by atoms with Crippen molar-refractivity contribution in [3.05, 3.63) is 65.2 Å². The molecule has 22 heavy (non-hydrogen) atoms. The molecular formula is C19H21NO2. The summed E-state index contributed by atoms with van der Waals surface area (Å²) in [6.45, 7) is 3.38. The van der Waals surface area contributed by atoms with Gasteiger partial charge in [0.25, 0.3) is 0 Å². The van der Waals surface area contributed by atoms with E-state index in [1.807, 2.05) is 55.5 Å². The highest BCUT2D eigenvalue weighted by Crippen LogP contribution is 2.18. The predicted octanol–water partition coefficient (Wildman–Crippen LogP) is 2.83. The number of hydrogen-bond donors (Lipinski definition) is 2. The Balaban J connectivity index is 1.88. The van der Waals surface area contributed by atoms with Gasteiger partial charge in [-0.25, -0.2) is 0 Å². The first-order valence-corrected chi connectivity index (χ1v) is 7.30. The summed E-state index contributed by atoms with van der Waals surface area (Å²) in [6, 6.07) is 15.6. The van der Waals surface area contributed by atoms with Crippen LogP contribution >= 0.6 is 0 Å². The minimum absolute atomic E-state index is 0.253. The van der Waals surface area contributed by atoms with Gasteiger partial charge in [-0.1, -0.05) is 53.9 Å². The Bertz CT molecular complexity index is 629. The van der Waals surface area contributed by atoms with Crippen molar-refractivity contribution in [2.45, 2.75) is 19.6 Å². The average molecular weight is 295 g/mol. The molecule has 2 aromatic carbocycles. The lowest BCUT2D eigenvalue weighted by atomic mass is 10.1. The lowest BCUT2D eigenvalue weighted by Crippen LogP contribution is -2.21. The molecule has 0 spiro atoms. The molecule has 0 saturated carbocycles. The van der Waals surface area contributed by atoms with Gasteiger partial charge in [-0.15, -0.1) is 6.42 Å². The van der Waals surface area contributed by atoms with E-state index >= 15 is 0 Å². The monoisotopic (exact) mass is 295 g/mol. The van der Waals surface area contributed by atoms with Crippen molar-refractivity contribution >= 4 is 0 Å². The van der Waals surface area contributed by atoms with E-state index in [1.54, 1.807) is 0 Å². The van der Waals surface area contributed by atoms with E-state index in [9.17, 15) is 5.11 Å². The molecule has 114 valence electrons. The van der Waals surface area contributed by atoms with Crippen LogP contribution in [-0.4, -0.2) is 18.3 Å². The molecule has 3 nitrogen and oxygen atoms in total. The number of aliphatic hydroxyl groups is 1. The molecule has 2 rings (SSSR count). The molecule has 3 heteroatoms. The average Bonchev–Trinajstić information content (AvgIpc) is 2.54. The summed E-state index contributed by atoms with van der Waals surface area (Å²) in [5.74, 6) is 3.24. The Labute approximate surface area is 131 Å². The minimum atomic E-state index is -0.528. The van der Waals surface area contributed by atoms with Crippen molar-refractivity contribution in [1.29, 1.82) is 0 Å². The van der Waals surface area contributed by atoms with Crippen LogP contribution in [0, 0.1) is 19.3 Å². The number of para-hydroxylation sites is 1. The van der Waals surface area contributed by atoms with Crippen LogP contribution in [0.3, 0.4) is 0 Å². The van der Waals surface area contributed by atoms with Gasteiger partial charge in [0, 0.05) is 18.7 Å². The van der Waals surface area contributed by atoms with Crippen molar-refractivity contribution in [2.75, 3.05) is 13.2 Å². The Hall–Kier alpha value is -2.28. The Morgan fingerprint density at radius 3 is 2.64 bits per heavy atom. The number of benzene rings is 2. The van der Waals surface area contributed by atoms with Crippen LogP contribution in [0.25, 0.3) is 0 Å². The van der Waals surface area contributed by atoms with E-state index in [2.05, 4.69) is 11.2 Å². The fourth-order valence-corrected chi connectivity index (χ4v) is 2.16. The molecule has 0 radical (unpaired) electrons. The largest absolute Gasteiger partial charge is 0.481 e. The number of aliphatic hydroxyl groups excluding tert-OH is 1. The van der Waals surface area contributed by atoms with E-state index in [-0.39, 0.29) is 6.61 Å². The molecule has 0 aliphatic rings. The van der Waals surface area contributed by atoms with Crippen LogP contribution < -0.4 is 10.1 Å². The van der Waals surface area contributed by atoms with Gasteiger partial charge in [0.1, 0.15) is 12.4 Å². The summed E-state index contributed by atoms with van der Waals surface area (Å²) in [7, 11) is 0. The summed E-state index contributed by atoms with van der Waals surface area (Å²) in [5.41, 5.74) is 3.12. The number of hydrogen-bond acceptors (Lipinski definition) is 3. The zero-order valence-corrected chi connectivity index (χ0v) is 12.8. The molecule has 2 aromatic rings. The van der Waals surface area contributed by atoms with Crippen LogP contribution in [0.1, 0.15) is 22.8 Å². The molecular weight excluding hydrogens is 274 g/mol. The zero-order valence-electron chi connectivity index (χ0n) is 12.8. The fourth-order valence-electron chi connectivity index (χ4n) is 2.16. The third-order valence-electron chi connectivity index (χ3n) is 3.40. The Kier molecular flexibility index (Phi) is 6.02. The molecule has 0 aliphatic heterocycles. The maximum atomic E-state index is 10.2. The molecule has 0 bridgehead atoms. The number of aryl methyl sites for hydroxylation is 1. The summed E-state index contributed by atoms with van der Waals surface area (Å²) < 4.78 is 5.50. The van der Waals surface area contributed by atoms with Crippen LogP contribution in [-0.2, 0) is 6.54 Å². The molecule has 1 unspecified atom stereocenters. The maximum Gasteiger partial charge on any atom is 0.148 e. The van der Waals surface area contributed by atoms with Gasteiger partial charge in [0.2, 0.25) is 0 Å². The Morgan fingerprint density at radius 2 is 1.91 bits per heavy atom. The first-order chi connectivity index (χ1) is 10.7. The standard InChI is InChI=1S/C19H21NO2/c1-3-12-22-19-7-5-4-6-17(19)13-20-14-18(21)16-10-8-15(2)9-11-16/h1,4-11,18,20-21H,12-14H2,2H3. The normalized spacial score (nSPS) is 11.7. The van der Waals surface area contributed by atoms with Crippen molar-refractivity contribution in [1.82, 2.24) is 5.32 Å². The second-order valence-corrected chi connectivity index (χ2v) is 5.16. The van der Waals surface area contributed by atoms with Gasteiger partial charge >= 0.3 is 0 Å². The highest BCUT2D eigenvalue weighted by Gasteiger charge is 2.08. The molecule has 0 fully saturated rings. The summed E-state index contributed by atoms with van der Waals surface area (Å²) >= 11 is 0. The van der Waals surface area contributed by atoms with Gasteiger partial charge < -0.3 is 15.2 Å². The highest BCUT2D eigenvalue weighted by molar-refractivity contribution is 5.33. The van der Waals surface area contributed by atoms with Crippen molar-refractivity contribution in [3.8, 4) is 18.1 Å². The van der Waals surface area contributed by atoms with E-state index in [1.165, 1.54) is 5.56 Å². The molecule has 0 aromatic heterocycles. The zero-order chi connectivity index (χ0) is 15.8. The third-order valence-corrected chi connectivity index (χ3v) is 3.40. The fraction of sp³-hybridized carbons (Fsp3) is 0.263. The second-order valence-electron chi connectivity index (χ2n) is 5.16. The predicted molar refractivity (Wildman–Crippen MR) is 88.6 cm³/mol. The molecule has 0 saturated heterocycles. The molecule has 1 atom stereocenters. The van der Waals surface area contributed by atoms with Crippen LogP contribution in [0.15, 0.2) is 48.5 Å². The van der Waals surface area contributed by atoms with Crippen molar-refractivity contribution < 1.29 is 9.84 Å². The molecule has 0 aliphatic carbocycles. The molecule has 0 amide bonds. The first-order valence-electron chi connectivity index (χ1n) is 7.30. The summed E-state index contributed by atoms with van der Waals surface area (Å²) in [6.07, 6.45) is 4.69. The second kappa shape index (κ2) is 8.23. The van der Waals surface area contributed by atoms with Gasteiger partial charge in [-0.2, -0.15) is 0 Å². The smallest absolute Gasteiger partial charge is 0.148 e. The number of nitrogens with one attached hydrogen (secondary N) is 1. The van der Waals surface area contributed by atoms with Crippen molar-refractivity contribution in [2.24, 2.45) is 0 Å². The van der Waals surface area contributed by atoms with Crippen molar-refractivity contribution in [3.63, 3.8) is 0 Å². The van der Waals surface area contributed by atoms with E-state index in [0.29, 0.717) is 13.1 Å².